The van der Waals surface area contributed by atoms with Crippen LogP contribution in [0.1, 0.15) is 0 Å². The fourth-order valence-electron chi connectivity index (χ4n) is 3.85. The van der Waals surface area contributed by atoms with Gasteiger partial charge in [0.05, 0.1) is 16.7 Å². The average Bonchev–Trinajstić information content (AvgIpc) is 3.30. The highest BCUT2D eigenvalue weighted by Gasteiger charge is 2.15. The molecule has 5 rings (SSSR count). The van der Waals surface area contributed by atoms with E-state index in [1.807, 2.05) is 6.07 Å². The Labute approximate surface area is 170 Å². The number of likely N-dealkylation sites (N-methyl/N-ethyl adjacent to an activating group) is 1. The summed E-state index contributed by atoms with van der Waals surface area (Å²) < 4.78 is 4.54. The van der Waals surface area contributed by atoms with Crippen LogP contribution in [0.15, 0.2) is 85.1 Å². The Hall–Kier alpha value is -3.37. The minimum absolute atomic E-state index is 0.905. The molecule has 4 nitrogen and oxygen atoms in total. The number of nitrogens with zero attached hydrogens (tertiary/aromatic N) is 4. The molecule has 2 heterocycles. The first-order chi connectivity index (χ1) is 14.2. The van der Waals surface area contributed by atoms with E-state index in [-0.39, 0.29) is 0 Å². The zero-order chi connectivity index (χ0) is 19.8. The number of hydrogen-bond donors (Lipinski definition) is 0. The van der Waals surface area contributed by atoms with Gasteiger partial charge in [0.1, 0.15) is 0 Å². The lowest BCUT2D eigenvalue weighted by Gasteiger charge is -2.09. The minimum atomic E-state index is 0.905. The molecule has 0 saturated carbocycles. The van der Waals surface area contributed by atoms with E-state index < -0.39 is 0 Å². The van der Waals surface area contributed by atoms with Crippen LogP contribution in [-0.2, 0) is 6.54 Å². The molecule has 0 aliphatic carbocycles. The molecule has 0 aliphatic heterocycles. The van der Waals surface area contributed by atoms with Crippen LogP contribution in [0, 0.1) is 0 Å². The van der Waals surface area contributed by atoms with Gasteiger partial charge in [-0.05, 0) is 37.4 Å². The van der Waals surface area contributed by atoms with Gasteiger partial charge < -0.3 is 9.47 Å². The molecule has 0 saturated heterocycles. The standard InChI is InChI=1S/C25H24N4/c1-27(2)16-17-28-18-24(29-23-11-7-6-10-22(23)26-25(28)29)21-14-12-20(13-15-21)19-8-4-3-5-9-19/h3-15,18H,16-17H2,1-2H3. The lowest BCUT2D eigenvalue weighted by molar-refractivity contribution is 0.386. The van der Waals surface area contributed by atoms with Crippen molar-refractivity contribution >= 4 is 16.8 Å². The number of benzene rings is 3. The second kappa shape index (κ2) is 7.22. The lowest BCUT2D eigenvalue weighted by Crippen LogP contribution is -2.18. The van der Waals surface area contributed by atoms with Gasteiger partial charge in [0.2, 0.25) is 5.78 Å². The highest BCUT2D eigenvalue weighted by Crippen LogP contribution is 2.29. The van der Waals surface area contributed by atoms with E-state index in [0.717, 1.165) is 29.9 Å². The predicted molar refractivity (Wildman–Crippen MR) is 120 cm³/mol. The molecule has 0 radical (unpaired) electrons. The van der Waals surface area contributed by atoms with Gasteiger partial charge in [0.15, 0.2) is 0 Å². The van der Waals surface area contributed by atoms with E-state index >= 15 is 0 Å². The van der Waals surface area contributed by atoms with Crippen molar-refractivity contribution in [2.45, 2.75) is 6.54 Å². The van der Waals surface area contributed by atoms with Crippen LogP contribution in [0.5, 0.6) is 0 Å². The van der Waals surface area contributed by atoms with Crippen molar-refractivity contribution in [3.8, 4) is 22.4 Å². The second-order valence-corrected chi connectivity index (χ2v) is 7.69. The van der Waals surface area contributed by atoms with Crippen LogP contribution in [-0.4, -0.2) is 39.5 Å². The maximum atomic E-state index is 4.91. The van der Waals surface area contributed by atoms with Crippen LogP contribution in [0.25, 0.3) is 39.2 Å². The quantitative estimate of drug-likeness (QED) is 0.420. The van der Waals surface area contributed by atoms with E-state index in [1.165, 1.54) is 22.4 Å². The number of aromatic nitrogens is 3. The van der Waals surface area contributed by atoms with Gasteiger partial charge in [-0.25, -0.2) is 4.98 Å². The first-order valence-electron chi connectivity index (χ1n) is 9.97. The molecule has 29 heavy (non-hydrogen) atoms. The highest BCUT2D eigenvalue weighted by molar-refractivity contribution is 5.83. The fourth-order valence-corrected chi connectivity index (χ4v) is 3.85. The van der Waals surface area contributed by atoms with Crippen LogP contribution in [0.4, 0.5) is 0 Å². The summed E-state index contributed by atoms with van der Waals surface area (Å²) in [7, 11) is 4.21. The molecule has 0 fully saturated rings. The van der Waals surface area contributed by atoms with Gasteiger partial charge in [0.25, 0.3) is 0 Å². The maximum Gasteiger partial charge on any atom is 0.215 e. The zero-order valence-corrected chi connectivity index (χ0v) is 16.8. The number of rotatable bonds is 5. The summed E-state index contributed by atoms with van der Waals surface area (Å²) in [4.78, 5) is 7.11. The molecule has 2 aromatic heterocycles. The summed E-state index contributed by atoms with van der Waals surface area (Å²) >= 11 is 0. The summed E-state index contributed by atoms with van der Waals surface area (Å²) in [6.07, 6.45) is 2.23. The van der Waals surface area contributed by atoms with Crippen molar-refractivity contribution in [2.24, 2.45) is 0 Å². The van der Waals surface area contributed by atoms with E-state index in [4.69, 9.17) is 4.98 Å². The Bertz CT molecular complexity index is 1260. The number of imidazole rings is 2. The molecule has 5 aromatic rings. The average molecular weight is 380 g/mol. The summed E-state index contributed by atoms with van der Waals surface area (Å²) in [5.41, 5.74) is 7.01. The molecule has 144 valence electrons. The van der Waals surface area contributed by atoms with Gasteiger partial charge >= 0.3 is 0 Å². The molecule has 0 unspecified atom stereocenters. The number of para-hydroxylation sites is 2. The SMILES string of the molecule is CN(C)CCn1cc(-c2ccc(-c3ccccc3)cc2)n2c3ccccc3nc12. The summed E-state index contributed by atoms with van der Waals surface area (Å²) in [6.45, 7) is 1.88. The first kappa shape index (κ1) is 17.7. The number of hydrogen-bond acceptors (Lipinski definition) is 2. The molecule has 0 bridgehead atoms. The van der Waals surface area contributed by atoms with Crippen molar-refractivity contribution in [3.63, 3.8) is 0 Å². The third kappa shape index (κ3) is 3.22. The normalized spacial score (nSPS) is 11.7. The lowest BCUT2D eigenvalue weighted by atomic mass is 10.0. The molecule has 0 amide bonds. The molecule has 3 aromatic carbocycles. The smallest absolute Gasteiger partial charge is 0.215 e. The maximum absolute atomic E-state index is 4.91. The van der Waals surface area contributed by atoms with E-state index in [2.05, 4.69) is 107 Å². The van der Waals surface area contributed by atoms with Crippen LogP contribution in [0.2, 0.25) is 0 Å². The fraction of sp³-hybridized carbons (Fsp3) is 0.160. The number of fused-ring (bicyclic) bond motifs is 3. The summed E-state index contributed by atoms with van der Waals surface area (Å²) in [6, 6.07) is 27.7. The molecule has 4 heteroatoms. The Morgan fingerprint density at radius 3 is 2.17 bits per heavy atom. The monoisotopic (exact) mass is 380 g/mol. The van der Waals surface area contributed by atoms with Crippen LogP contribution >= 0.6 is 0 Å². The van der Waals surface area contributed by atoms with Crippen molar-refractivity contribution in [1.82, 2.24) is 18.9 Å². The second-order valence-electron chi connectivity index (χ2n) is 7.69. The third-order valence-electron chi connectivity index (χ3n) is 5.39. The Morgan fingerprint density at radius 2 is 1.41 bits per heavy atom. The van der Waals surface area contributed by atoms with Crippen LogP contribution < -0.4 is 0 Å². The Balaban J connectivity index is 1.64. The van der Waals surface area contributed by atoms with Crippen molar-refractivity contribution < 1.29 is 0 Å². The van der Waals surface area contributed by atoms with E-state index in [1.54, 1.807) is 0 Å². The molecule has 0 N–H and O–H groups in total. The highest BCUT2D eigenvalue weighted by atomic mass is 15.2. The summed E-state index contributed by atoms with van der Waals surface area (Å²) in [5, 5.41) is 0. The van der Waals surface area contributed by atoms with Gasteiger partial charge in [-0.3, -0.25) is 4.40 Å². The minimum Gasteiger partial charge on any atom is -0.315 e. The van der Waals surface area contributed by atoms with Crippen molar-refractivity contribution in [2.75, 3.05) is 20.6 Å². The van der Waals surface area contributed by atoms with Crippen molar-refractivity contribution in [1.29, 1.82) is 0 Å². The van der Waals surface area contributed by atoms with Crippen LogP contribution in [0.3, 0.4) is 0 Å². The Kier molecular flexibility index (Phi) is 4.41. The van der Waals surface area contributed by atoms with E-state index in [9.17, 15) is 0 Å². The molecular formula is C25H24N4. The molecule has 0 spiro atoms. The van der Waals surface area contributed by atoms with E-state index in [0.29, 0.717) is 0 Å². The van der Waals surface area contributed by atoms with Gasteiger partial charge in [-0.1, -0.05) is 66.7 Å². The molecule has 0 atom stereocenters. The predicted octanol–water partition coefficient (Wildman–Crippen LogP) is 5.18. The topological polar surface area (TPSA) is 25.5 Å². The largest absolute Gasteiger partial charge is 0.315 e. The first-order valence-corrected chi connectivity index (χ1v) is 9.97. The van der Waals surface area contributed by atoms with Gasteiger partial charge in [0, 0.05) is 24.8 Å². The molecular weight excluding hydrogens is 356 g/mol. The van der Waals surface area contributed by atoms with Gasteiger partial charge in [-0.15, -0.1) is 0 Å². The summed E-state index contributed by atoms with van der Waals surface area (Å²) in [5.74, 6) is 0.996. The Morgan fingerprint density at radius 1 is 0.759 bits per heavy atom. The molecule has 0 aliphatic rings. The van der Waals surface area contributed by atoms with Crippen molar-refractivity contribution in [3.05, 3.63) is 85.1 Å². The third-order valence-corrected chi connectivity index (χ3v) is 5.39. The van der Waals surface area contributed by atoms with Gasteiger partial charge in [-0.2, -0.15) is 0 Å². The zero-order valence-electron chi connectivity index (χ0n) is 16.8.